The van der Waals surface area contributed by atoms with E-state index in [2.05, 4.69) is 75.9 Å². The number of hydrogen-bond donors (Lipinski definition) is 3. The summed E-state index contributed by atoms with van der Waals surface area (Å²) in [5.41, 5.74) is 5.69. The van der Waals surface area contributed by atoms with Gasteiger partial charge in [-0.05, 0) is 116 Å². The lowest BCUT2D eigenvalue weighted by Crippen LogP contribution is -2.51. The third kappa shape index (κ3) is 7.11. The van der Waals surface area contributed by atoms with Crippen LogP contribution in [0, 0.1) is 17.3 Å². The molecule has 5 atom stereocenters. The Balaban J connectivity index is 0.896. The van der Waals surface area contributed by atoms with Crippen molar-refractivity contribution in [3.05, 3.63) is 84.7 Å². The molecule has 302 valence electrons. The molecule has 4 fully saturated rings. The zero-order chi connectivity index (χ0) is 40.5. The van der Waals surface area contributed by atoms with E-state index >= 15 is 0 Å². The number of rotatable bonds is 8. The van der Waals surface area contributed by atoms with Gasteiger partial charge in [-0.1, -0.05) is 62.4 Å². The number of methoxy groups -OCH3 is 1. The number of fused-ring (bicyclic) bond motifs is 3. The number of carbonyl (C=O) groups is 3. The molecule has 2 aliphatic heterocycles. The van der Waals surface area contributed by atoms with Crippen LogP contribution in [-0.4, -0.2) is 79.2 Å². The summed E-state index contributed by atoms with van der Waals surface area (Å²) in [4.78, 5) is 59.8. The number of ether oxygens (including phenoxy) is 2. The van der Waals surface area contributed by atoms with Gasteiger partial charge in [0, 0.05) is 18.2 Å². The van der Waals surface area contributed by atoms with Crippen LogP contribution in [0.1, 0.15) is 96.9 Å². The largest absolute Gasteiger partial charge is 0.453 e. The van der Waals surface area contributed by atoms with Crippen LogP contribution >= 0.6 is 0 Å². The average molecular weight is 784 g/mol. The van der Waals surface area contributed by atoms with E-state index in [-0.39, 0.29) is 41.5 Å². The number of hydrogen-bond acceptors (Lipinski definition) is 7. The minimum absolute atomic E-state index is 0.0951. The fourth-order valence-corrected chi connectivity index (χ4v) is 9.59. The first kappa shape index (κ1) is 37.9. The second-order valence-electron chi connectivity index (χ2n) is 18.3. The molecule has 0 unspecified atom stereocenters. The highest BCUT2D eigenvalue weighted by Crippen LogP contribution is 2.58. The summed E-state index contributed by atoms with van der Waals surface area (Å²) >= 11 is 0. The summed E-state index contributed by atoms with van der Waals surface area (Å²) in [7, 11) is 1.31. The van der Waals surface area contributed by atoms with Gasteiger partial charge in [0.25, 0.3) is 0 Å². The van der Waals surface area contributed by atoms with Crippen LogP contribution in [0.25, 0.3) is 44.4 Å². The Bertz CT molecular complexity index is 2370. The first-order valence-electron chi connectivity index (χ1n) is 20.7. The van der Waals surface area contributed by atoms with E-state index in [0.717, 1.165) is 94.6 Å². The molecule has 3 N–H and O–H groups in total. The lowest BCUT2D eigenvalue weighted by molar-refractivity contribution is -0.135. The number of benzene rings is 3. The Hall–Kier alpha value is -5.65. The van der Waals surface area contributed by atoms with Crippen LogP contribution in [0.5, 0.6) is 0 Å². The smallest absolute Gasteiger partial charge is 0.411 e. The molecule has 58 heavy (non-hydrogen) atoms. The lowest BCUT2D eigenvalue weighted by atomic mass is 9.98. The highest BCUT2D eigenvalue weighted by molar-refractivity contribution is 5.91. The van der Waals surface area contributed by atoms with Gasteiger partial charge in [-0.25, -0.2) is 19.6 Å². The highest BCUT2D eigenvalue weighted by atomic mass is 16.6. The molecule has 4 heterocycles. The summed E-state index contributed by atoms with van der Waals surface area (Å²) in [5, 5.41) is 5.02. The van der Waals surface area contributed by atoms with Crippen molar-refractivity contribution < 1.29 is 23.9 Å². The number of nitrogens with one attached hydrogen (secondary N) is 3. The topological polar surface area (TPSA) is 146 Å². The molecule has 0 radical (unpaired) electrons. The predicted octanol–water partition coefficient (Wildman–Crippen LogP) is 9.18. The lowest BCUT2D eigenvalue weighted by Gasteiger charge is -2.35. The molecule has 3 aromatic carbocycles. The third-order valence-corrected chi connectivity index (χ3v) is 12.8. The zero-order valence-electron chi connectivity index (χ0n) is 34.2. The van der Waals surface area contributed by atoms with Crippen LogP contribution in [0.2, 0.25) is 0 Å². The number of alkyl carbamates (subject to hydrolysis) is 1. The van der Waals surface area contributed by atoms with Crippen molar-refractivity contribution in [1.82, 2.24) is 35.1 Å². The van der Waals surface area contributed by atoms with Crippen molar-refractivity contribution in [2.75, 3.05) is 13.7 Å². The second kappa shape index (κ2) is 14.3. The van der Waals surface area contributed by atoms with E-state index < -0.39 is 17.7 Å². The molecule has 12 nitrogen and oxygen atoms in total. The fraction of sp³-hybridized carbons (Fsp3) is 0.457. The van der Waals surface area contributed by atoms with Gasteiger partial charge < -0.3 is 29.7 Å². The molecule has 2 aromatic heterocycles. The number of amides is 3. The number of aromatic amines is 2. The van der Waals surface area contributed by atoms with E-state index in [1.165, 1.54) is 7.11 Å². The van der Waals surface area contributed by atoms with Gasteiger partial charge in [-0.2, -0.15) is 0 Å². The number of nitrogens with zero attached hydrogens (tertiary/aromatic N) is 4. The first-order valence-corrected chi connectivity index (χ1v) is 20.7. The molecule has 12 heteroatoms. The molecule has 9 rings (SSSR count). The van der Waals surface area contributed by atoms with Gasteiger partial charge in [0.15, 0.2) is 0 Å². The standard InChI is InChI=1S/C46H53N7O5/c1-26(2)38(51-43(55)57-6)42(54)52-25-46(17-18-46)22-37(52)40-47-23-35(49-40)28-9-7-27(8-10-28)29-11-12-31-20-32(14-13-30(31)19-29)36-24-48-41(50-36)39-33-15-16-34(21-33)53(39)44(56)58-45(3,4)5/h7-14,19-20,23-24,26,33-34,37-39H,15-18,21-22,25H2,1-6H3,(H,47,49)(H,48,50)(H,51,55)/t33-,34+,37-,38-,39+/m0/s1. The van der Waals surface area contributed by atoms with Crippen LogP contribution in [0.3, 0.4) is 0 Å². The van der Waals surface area contributed by atoms with E-state index in [1.807, 2.05) is 56.8 Å². The fourth-order valence-electron chi connectivity index (χ4n) is 9.59. The van der Waals surface area contributed by atoms with Crippen LogP contribution in [0.15, 0.2) is 73.1 Å². The maximum absolute atomic E-state index is 13.9. The van der Waals surface area contributed by atoms with Crippen LogP contribution in [0.4, 0.5) is 9.59 Å². The Morgan fingerprint density at radius 1 is 0.845 bits per heavy atom. The van der Waals surface area contributed by atoms with Crippen molar-refractivity contribution >= 4 is 28.9 Å². The predicted molar refractivity (Wildman–Crippen MR) is 221 cm³/mol. The normalized spacial score (nSPS) is 22.5. The van der Waals surface area contributed by atoms with E-state index in [1.54, 1.807) is 0 Å². The van der Waals surface area contributed by atoms with Gasteiger partial charge >= 0.3 is 12.2 Å². The zero-order valence-corrected chi connectivity index (χ0v) is 34.2. The summed E-state index contributed by atoms with van der Waals surface area (Å²) in [6, 6.07) is 20.7. The molecule has 1 spiro atoms. The van der Waals surface area contributed by atoms with Crippen molar-refractivity contribution in [1.29, 1.82) is 0 Å². The number of carbonyl (C=O) groups excluding carboxylic acids is 3. The van der Waals surface area contributed by atoms with Crippen LogP contribution in [-0.2, 0) is 14.3 Å². The third-order valence-electron chi connectivity index (χ3n) is 12.8. The summed E-state index contributed by atoms with van der Waals surface area (Å²) < 4.78 is 10.6. The van der Waals surface area contributed by atoms with E-state index in [4.69, 9.17) is 19.4 Å². The molecular formula is C46H53N7O5. The number of aromatic nitrogens is 4. The molecule has 4 aliphatic rings. The van der Waals surface area contributed by atoms with Crippen molar-refractivity contribution in [2.45, 2.75) is 103 Å². The minimum atomic E-state index is -0.677. The number of H-pyrrole nitrogens is 2. The average Bonchev–Trinajstić information content (AvgIpc) is 3.83. The summed E-state index contributed by atoms with van der Waals surface area (Å²) in [6.45, 7) is 10.3. The Kier molecular flexibility index (Phi) is 9.36. The van der Waals surface area contributed by atoms with Gasteiger partial charge in [-0.3, -0.25) is 9.69 Å². The number of imidazole rings is 2. The number of piperidine rings is 1. The molecule has 3 amide bonds. The highest BCUT2D eigenvalue weighted by Gasteiger charge is 2.55. The second-order valence-corrected chi connectivity index (χ2v) is 18.3. The van der Waals surface area contributed by atoms with Gasteiger partial charge in [-0.15, -0.1) is 0 Å². The van der Waals surface area contributed by atoms with E-state index in [9.17, 15) is 14.4 Å². The quantitative estimate of drug-likeness (QED) is 0.142. The van der Waals surface area contributed by atoms with E-state index in [0.29, 0.717) is 12.5 Å². The van der Waals surface area contributed by atoms with Crippen molar-refractivity contribution in [2.24, 2.45) is 17.3 Å². The van der Waals surface area contributed by atoms with Crippen molar-refractivity contribution in [3.8, 4) is 33.6 Å². The van der Waals surface area contributed by atoms with Gasteiger partial charge in [0.2, 0.25) is 5.91 Å². The van der Waals surface area contributed by atoms with Gasteiger partial charge in [0.1, 0.15) is 23.3 Å². The SMILES string of the molecule is COC(=O)N[C@H](C(=O)N1CC2(CC2)C[C@H]1c1ncc(-c2ccc(-c3ccc4cc(-c5cnc([C@H]6[C@H]7CC[C@H](C7)N6C(=O)OC(C)(C)C)[nH]5)ccc4c3)cc2)[nH]1)C(C)C. The Morgan fingerprint density at radius 3 is 2.14 bits per heavy atom. The van der Waals surface area contributed by atoms with Crippen molar-refractivity contribution in [3.63, 3.8) is 0 Å². The van der Waals surface area contributed by atoms with Gasteiger partial charge in [0.05, 0.1) is 43.0 Å². The molecular weight excluding hydrogens is 731 g/mol. The molecule has 2 bridgehead atoms. The molecule has 5 aromatic rings. The Morgan fingerprint density at radius 2 is 1.47 bits per heavy atom. The maximum Gasteiger partial charge on any atom is 0.411 e. The number of likely N-dealkylation sites (tertiary alicyclic amines) is 2. The molecule has 2 aliphatic carbocycles. The summed E-state index contributed by atoms with van der Waals surface area (Å²) in [6.07, 6.45) is 9.02. The molecule has 2 saturated carbocycles. The minimum Gasteiger partial charge on any atom is -0.453 e. The first-order chi connectivity index (χ1) is 27.8. The summed E-state index contributed by atoms with van der Waals surface area (Å²) in [5.74, 6) is 1.78. The maximum atomic E-state index is 13.9. The Labute approximate surface area is 339 Å². The molecule has 2 saturated heterocycles. The van der Waals surface area contributed by atoms with Crippen LogP contribution < -0.4 is 5.32 Å². The monoisotopic (exact) mass is 783 g/mol.